The molecule has 0 N–H and O–H groups in total. The molecule has 0 spiro atoms. The Labute approximate surface area is 71.5 Å². The highest BCUT2D eigenvalue weighted by atomic mass is 16.6. The second-order valence-electron chi connectivity index (χ2n) is 2.91. The van der Waals surface area contributed by atoms with E-state index in [2.05, 4.69) is 11.7 Å². The molecule has 0 radical (unpaired) electrons. The third kappa shape index (κ3) is 2.62. The molecular formula is C8H13NO3. The van der Waals surface area contributed by atoms with Crippen LogP contribution in [0.25, 0.3) is 0 Å². The number of hydrogen-bond donors (Lipinski definition) is 0. The standard InChI is InChI=1S/C8H13NO3/c1-2-3-4-9-5-7(10)12-8(11)6-9/h2-6H2,1H3. The molecule has 68 valence electrons. The lowest BCUT2D eigenvalue weighted by molar-refractivity contribution is -0.166. The average molecular weight is 171 g/mol. The maximum atomic E-state index is 10.8. The molecule has 0 aliphatic carbocycles. The van der Waals surface area contributed by atoms with Gasteiger partial charge in [0.2, 0.25) is 0 Å². The van der Waals surface area contributed by atoms with Gasteiger partial charge in [-0.25, -0.2) is 0 Å². The lowest BCUT2D eigenvalue weighted by atomic mass is 10.3. The fourth-order valence-electron chi connectivity index (χ4n) is 1.15. The molecule has 1 heterocycles. The summed E-state index contributed by atoms with van der Waals surface area (Å²) in [4.78, 5) is 23.3. The van der Waals surface area contributed by atoms with Crippen molar-refractivity contribution in [2.24, 2.45) is 0 Å². The summed E-state index contributed by atoms with van der Waals surface area (Å²) in [7, 11) is 0. The molecule has 12 heavy (non-hydrogen) atoms. The zero-order valence-electron chi connectivity index (χ0n) is 7.21. The topological polar surface area (TPSA) is 46.6 Å². The monoisotopic (exact) mass is 171 g/mol. The van der Waals surface area contributed by atoms with Crippen molar-refractivity contribution in [2.45, 2.75) is 19.8 Å². The van der Waals surface area contributed by atoms with Gasteiger partial charge in [-0.3, -0.25) is 14.5 Å². The van der Waals surface area contributed by atoms with Gasteiger partial charge in [-0.05, 0) is 13.0 Å². The second kappa shape index (κ2) is 4.21. The normalized spacial score (nSPS) is 19.4. The Morgan fingerprint density at radius 3 is 2.42 bits per heavy atom. The molecule has 0 aromatic rings. The van der Waals surface area contributed by atoms with Crippen LogP contribution in [0.1, 0.15) is 19.8 Å². The highest BCUT2D eigenvalue weighted by Gasteiger charge is 2.23. The number of nitrogens with zero attached hydrogens (tertiary/aromatic N) is 1. The van der Waals surface area contributed by atoms with E-state index in [0.29, 0.717) is 0 Å². The third-order valence-electron chi connectivity index (χ3n) is 1.76. The highest BCUT2D eigenvalue weighted by molar-refractivity contribution is 5.90. The molecule has 4 heteroatoms. The van der Waals surface area contributed by atoms with Crippen LogP contribution in [0, 0.1) is 0 Å². The Morgan fingerprint density at radius 1 is 1.33 bits per heavy atom. The van der Waals surface area contributed by atoms with Gasteiger partial charge in [-0.2, -0.15) is 0 Å². The van der Waals surface area contributed by atoms with Crippen LogP contribution in [-0.4, -0.2) is 36.5 Å². The van der Waals surface area contributed by atoms with E-state index in [1.807, 2.05) is 4.90 Å². The van der Waals surface area contributed by atoms with E-state index < -0.39 is 11.9 Å². The first-order valence-corrected chi connectivity index (χ1v) is 4.18. The highest BCUT2D eigenvalue weighted by Crippen LogP contribution is 2.01. The van der Waals surface area contributed by atoms with Gasteiger partial charge in [0.25, 0.3) is 0 Å². The Hall–Kier alpha value is -0.900. The number of ether oxygens (including phenoxy) is 1. The Bertz CT molecular complexity index is 175. The van der Waals surface area contributed by atoms with Gasteiger partial charge in [0.05, 0.1) is 13.1 Å². The summed E-state index contributed by atoms with van der Waals surface area (Å²) >= 11 is 0. The molecule has 0 amide bonds. The van der Waals surface area contributed by atoms with Crippen LogP contribution >= 0.6 is 0 Å². The SMILES string of the molecule is CCCCN1CC(=O)OC(=O)C1. The number of rotatable bonds is 3. The summed E-state index contributed by atoms with van der Waals surface area (Å²) in [6.07, 6.45) is 2.08. The smallest absolute Gasteiger partial charge is 0.327 e. The van der Waals surface area contributed by atoms with Gasteiger partial charge in [0, 0.05) is 0 Å². The molecule has 1 rings (SSSR count). The quantitative estimate of drug-likeness (QED) is 0.448. The van der Waals surface area contributed by atoms with E-state index in [1.165, 1.54) is 0 Å². The van der Waals surface area contributed by atoms with E-state index in [0.717, 1.165) is 19.4 Å². The van der Waals surface area contributed by atoms with Crippen LogP contribution in [0.3, 0.4) is 0 Å². The molecule has 0 atom stereocenters. The largest absolute Gasteiger partial charge is 0.391 e. The summed E-state index contributed by atoms with van der Waals surface area (Å²) < 4.78 is 4.38. The maximum absolute atomic E-state index is 10.8. The third-order valence-corrected chi connectivity index (χ3v) is 1.76. The fraction of sp³-hybridized carbons (Fsp3) is 0.750. The van der Waals surface area contributed by atoms with Crippen molar-refractivity contribution >= 4 is 11.9 Å². The van der Waals surface area contributed by atoms with Crippen molar-refractivity contribution in [1.29, 1.82) is 0 Å². The van der Waals surface area contributed by atoms with Gasteiger partial charge in [-0.15, -0.1) is 0 Å². The van der Waals surface area contributed by atoms with Gasteiger partial charge in [0.15, 0.2) is 0 Å². The zero-order valence-corrected chi connectivity index (χ0v) is 7.21. The Balaban J connectivity index is 2.34. The Morgan fingerprint density at radius 2 is 1.92 bits per heavy atom. The fourth-order valence-corrected chi connectivity index (χ4v) is 1.15. The van der Waals surface area contributed by atoms with Crippen LogP contribution in [0.5, 0.6) is 0 Å². The van der Waals surface area contributed by atoms with Crippen LogP contribution in [0.2, 0.25) is 0 Å². The van der Waals surface area contributed by atoms with E-state index >= 15 is 0 Å². The van der Waals surface area contributed by atoms with Crippen LogP contribution in [0.15, 0.2) is 0 Å². The summed E-state index contributed by atoms with van der Waals surface area (Å²) in [6.45, 7) is 3.39. The van der Waals surface area contributed by atoms with Crippen molar-refractivity contribution in [3.05, 3.63) is 0 Å². The van der Waals surface area contributed by atoms with Crippen LogP contribution in [-0.2, 0) is 14.3 Å². The Kier molecular flexibility index (Phi) is 3.22. The molecular weight excluding hydrogens is 158 g/mol. The predicted octanol–water partition coefficient (Wildman–Crippen LogP) is 0.172. The van der Waals surface area contributed by atoms with Gasteiger partial charge < -0.3 is 4.74 Å². The van der Waals surface area contributed by atoms with Crippen molar-refractivity contribution in [1.82, 2.24) is 4.90 Å². The number of cyclic esters (lactones) is 2. The number of esters is 2. The summed E-state index contributed by atoms with van der Waals surface area (Å²) in [6, 6.07) is 0. The molecule has 1 aliphatic heterocycles. The summed E-state index contributed by atoms with van der Waals surface area (Å²) in [5.41, 5.74) is 0. The zero-order chi connectivity index (χ0) is 8.97. The molecule has 1 fully saturated rings. The van der Waals surface area contributed by atoms with Crippen molar-refractivity contribution < 1.29 is 14.3 Å². The number of morpholine rings is 1. The summed E-state index contributed by atoms with van der Waals surface area (Å²) in [5, 5.41) is 0. The van der Waals surface area contributed by atoms with Gasteiger partial charge >= 0.3 is 11.9 Å². The van der Waals surface area contributed by atoms with Crippen LogP contribution in [0.4, 0.5) is 0 Å². The molecule has 0 saturated carbocycles. The number of hydrogen-bond acceptors (Lipinski definition) is 4. The first-order chi connectivity index (χ1) is 5.72. The number of carbonyl (C=O) groups is 2. The number of carbonyl (C=O) groups excluding carboxylic acids is 2. The lowest BCUT2D eigenvalue weighted by Crippen LogP contribution is -2.43. The van der Waals surface area contributed by atoms with Gasteiger partial charge in [0.1, 0.15) is 0 Å². The predicted molar refractivity (Wildman–Crippen MR) is 42.4 cm³/mol. The first-order valence-electron chi connectivity index (χ1n) is 4.18. The molecule has 0 aromatic carbocycles. The minimum atomic E-state index is -0.428. The minimum absolute atomic E-state index is 0.256. The first kappa shape index (κ1) is 9.19. The van der Waals surface area contributed by atoms with E-state index in [4.69, 9.17) is 0 Å². The van der Waals surface area contributed by atoms with E-state index in [-0.39, 0.29) is 13.1 Å². The molecule has 0 aromatic heterocycles. The maximum Gasteiger partial charge on any atom is 0.327 e. The molecule has 0 bridgehead atoms. The lowest BCUT2D eigenvalue weighted by Gasteiger charge is -2.23. The average Bonchev–Trinajstić information content (AvgIpc) is 1.99. The molecule has 1 aliphatic rings. The van der Waals surface area contributed by atoms with E-state index in [9.17, 15) is 9.59 Å². The molecule has 4 nitrogen and oxygen atoms in total. The van der Waals surface area contributed by atoms with Gasteiger partial charge in [-0.1, -0.05) is 13.3 Å². The summed E-state index contributed by atoms with van der Waals surface area (Å²) in [5.74, 6) is -0.857. The van der Waals surface area contributed by atoms with E-state index in [1.54, 1.807) is 0 Å². The minimum Gasteiger partial charge on any atom is -0.391 e. The van der Waals surface area contributed by atoms with Crippen molar-refractivity contribution in [3.8, 4) is 0 Å². The molecule has 1 saturated heterocycles. The number of unbranched alkanes of at least 4 members (excludes halogenated alkanes) is 1. The second-order valence-corrected chi connectivity index (χ2v) is 2.91. The van der Waals surface area contributed by atoms with Crippen molar-refractivity contribution in [2.75, 3.05) is 19.6 Å². The van der Waals surface area contributed by atoms with Crippen LogP contribution < -0.4 is 0 Å². The molecule has 0 unspecified atom stereocenters. The van der Waals surface area contributed by atoms with Crippen molar-refractivity contribution in [3.63, 3.8) is 0 Å².